The van der Waals surface area contributed by atoms with Gasteiger partial charge in [-0.3, -0.25) is 0 Å². The van der Waals surface area contributed by atoms with Crippen molar-refractivity contribution in [2.45, 2.75) is 26.2 Å². The molecule has 1 aromatic rings. The standard InChI is InChI=1S/C16H26N2/c1-2-10-17-12-14-18(15-13-17)11-6-9-16-7-4-3-5-8-16/h3-5,7-8H,2,6,9-15H2,1H3. The molecule has 1 fully saturated rings. The van der Waals surface area contributed by atoms with E-state index in [2.05, 4.69) is 47.1 Å². The molecule has 0 N–H and O–H groups in total. The Kier molecular flexibility index (Phi) is 5.69. The molecular formula is C16H26N2. The molecule has 1 aliphatic heterocycles. The molecule has 1 aliphatic rings. The van der Waals surface area contributed by atoms with Crippen LogP contribution in [0.25, 0.3) is 0 Å². The summed E-state index contributed by atoms with van der Waals surface area (Å²) in [6.07, 6.45) is 3.79. The third kappa shape index (κ3) is 4.43. The van der Waals surface area contributed by atoms with Gasteiger partial charge in [-0.2, -0.15) is 0 Å². The van der Waals surface area contributed by atoms with Gasteiger partial charge < -0.3 is 9.80 Å². The van der Waals surface area contributed by atoms with Crippen LogP contribution in [0.5, 0.6) is 0 Å². The van der Waals surface area contributed by atoms with Crippen molar-refractivity contribution < 1.29 is 0 Å². The van der Waals surface area contributed by atoms with E-state index >= 15 is 0 Å². The monoisotopic (exact) mass is 246 g/mol. The Hall–Kier alpha value is -0.860. The van der Waals surface area contributed by atoms with Gasteiger partial charge in [0.1, 0.15) is 0 Å². The van der Waals surface area contributed by atoms with E-state index in [4.69, 9.17) is 0 Å². The highest BCUT2D eigenvalue weighted by Gasteiger charge is 2.15. The Bertz CT molecular complexity index is 315. The van der Waals surface area contributed by atoms with E-state index in [0.717, 1.165) is 0 Å². The van der Waals surface area contributed by atoms with E-state index in [-0.39, 0.29) is 0 Å². The first-order chi connectivity index (χ1) is 8.88. The predicted molar refractivity (Wildman–Crippen MR) is 77.9 cm³/mol. The maximum absolute atomic E-state index is 2.62. The van der Waals surface area contributed by atoms with Gasteiger partial charge in [0, 0.05) is 26.2 Å². The Labute approximate surface area is 112 Å². The molecule has 2 heteroatoms. The average Bonchev–Trinajstić information content (AvgIpc) is 2.42. The maximum Gasteiger partial charge on any atom is 0.0110 e. The van der Waals surface area contributed by atoms with Crippen molar-refractivity contribution in [2.24, 2.45) is 0 Å². The predicted octanol–water partition coefficient (Wildman–Crippen LogP) is 2.65. The lowest BCUT2D eigenvalue weighted by molar-refractivity contribution is 0.131. The third-order valence-electron chi connectivity index (χ3n) is 3.79. The first-order valence-corrected chi connectivity index (χ1v) is 7.37. The summed E-state index contributed by atoms with van der Waals surface area (Å²) in [5, 5.41) is 0. The van der Waals surface area contributed by atoms with Gasteiger partial charge >= 0.3 is 0 Å². The third-order valence-corrected chi connectivity index (χ3v) is 3.79. The number of nitrogens with zero attached hydrogens (tertiary/aromatic N) is 2. The molecule has 0 spiro atoms. The summed E-state index contributed by atoms with van der Waals surface area (Å²) in [6.45, 7) is 9.85. The van der Waals surface area contributed by atoms with E-state index < -0.39 is 0 Å². The van der Waals surface area contributed by atoms with E-state index in [9.17, 15) is 0 Å². The molecule has 0 bridgehead atoms. The van der Waals surface area contributed by atoms with Crippen LogP contribution < -0.4 is 0 Å². The number of hydrogen-bond donors (Lipinski definition) is 0. The summed E-state index contributed by atoms with van der Waals surface area (Å²) < 4.78 is 0. The largest absolute Gasteiger partial charge is 0.301 e. The van der Waals surface area contributed by atoms with Crippen LogP contribution in [0.1, 0.15) is 25.3 Å². The van der Waals surface area contributed by atoms with Crippen LogP contribution in [-0.4, -0.2) is 49.1 Å². The number of aryl methyl sites for hydroxylation is 1. The lowest BCUT2D eigenvalue weighted by Crippen LogP contribution is -2.46. The Morgan fingerprint density at radius 3 is 2.11 bits per heavy atom. The lowest BCUT2D eigenvalue weighted by Gasteiger charge is -2.34. The quantitative estimate of drug-likeness (QED) is 0.761. The fourth-order valence-electron chi connectivity index (χ4n) is 2.70. The molecule has 18 heavy (non-hydrogen) atoms. The molecule has 0 radical (unpaired) electrons. The lowest BCUT2D eigenvalue weighted by atomic mass is 10.1. The molecule has 1 saturated heterocycles. The van der Waals surface area contributed by atoms with Crippen molar-refractivity contribution >= 4 is 0 Å². The van der Waals surface area contributed by atoms with Crippen LogP contribution in [-0.2, 0) is 6.42 Å². The van der Waals surface area contributed by atoms with E-state index in [1.54, 1.807) is 0 Å². The molecule has 0 aromatic heterocycles. The zero-order chi connectivity index (χ0) is 12.6. The number of benzene rings is 1. The smallest absolute Gasteiger partial charge is 0.0110 e. The van der Waals surface area contributed by atoms with Crippen molar-refractivity contribution in [1.29, 1.82) is 0 Å². The van der Waals surface area contributed by atoms with Gasteiger partial charge in [-0.1, -0.05) is 37.3 Å². The van der Waals surface area contributed by atoms with Crippen LogP contribution in [0.3, 0.4) is 0 Å². The van der Waals surface area contributed by atoms with Gasteiger partial charge in [0.2, 0.25) is 0 Å². The zero-order valence-corrected chi connectivity index (χ0v) is 11.6. The Morgan fingerprint density at radius 1 is 0.889 bits per heavy atom. The maximum atomic E-state index is 2.62. The minimum absolute atomic E-state index is 1.22. The summed E-state index contributed by atoms with van der Waals surface area (Å²) in [5.41, 5.74) is 1.47. The normalized spacial score (nSPS) is 18.1. The van der Waals surface area contributed by atoms with Crippen molar-refractivity contribution in [3.05, 3.63) is 35.9 Å². The molecule has 0 aliphatic carbocycles. The highest BCUT2D eigenvalue weighted by atomic mass is 15.3. The van der Waals surface area contributed by atoms with Gasteiger partial charge in [-0.05, 0) is 37.9 Å². The molecule has 2 nitrogen and oxygen atoms in total. The van der Waals surface area contributed by atoms with E-state index in [1.165, 1.54) is 64.1 Å². The topological polar surface area (TPSA) is 6.48 Å². The minimum Gasteiger partial charge on any atom is -0.301 e. The molecule has 0 saturated carbocycles. The average molecular weight is 246 g/mol. The van der Waals surface area contributed by atoms with Crippen LogP contribution >= 0.6 is 0 Å². The van der Waals surface area contributed by atoms with Crippen molar-refractivity contribution in [1.82, 2.24) is 9.80 Å². The molecule has 100 valence electrons. The van der Waals surface area contributed by atoms with E-state index in [0.29, 0.717) is 0 Å². The van der Waals surface area contributed by atoms with Gasteiger partial charge in [-0.15, -0.1) is 0 Å². The van der Waals surface area contributed by atoms with Gasteiger partial charge in [0.05, 0.1) is 0 Å². The van der Waals surface area contributed by atoms with E-state index in [1.807, 2.05) is 0 Å². The van der Waals surface area contributed by atoms with Gasteiger partial charge in [0.15, 0.2) is 0 Å². The molecule has 1 heterocycles. The number of piperazine rings is 1. The first-order valence-electron chi connectivity index (χ1n) is 7.37. The highest BCUT2D eigenvalue weighted by molar-refractivity contribution is 5.14. The second-order valence-corrected chi connectivity index (χ2v) is 5.27. The Morgan fingerprint density at radius 2 is 1.50 bits per heavy atom. The van der Waals surface area contributed by atoms with Crippen LogP contribution in [0.15, 0.2) is 30.3 Å². The first kappa shape index (κ1) is 13.6. The zero-order valence-electron chi connectivity index (χ0n) is 11.6. The van der Waals surface area contributed by atoms with Crippen LogP contribution in [0, 0.1) is 0 Å². The number of hydrogen-bond acceptors (Lipinski definition) is 2. The molecule has 0 atom stereocenters. The summed E-state index contributed by atoms with van der Waals surface area (Å²) in [4.78, 5) is 5.21. The second-order valence-electron chi connectivity index (χ2n) is 5.27. The van der Waals surface area contributed by atoms with Gasteiger partial charge in [-0.25, -0.2) is 0 Å². The van der Waals surface area contributed by atoms with Crippen molar-refractivity contribution in [3.8, 4) is 0 Å². The van der Waals surface area contributed by atoms with Crippen LogP contribution in [0.4, 0.5) is 0 Å². The number of rotatable bonds is 6. The van der Waals surface area contributed by atoms with Crippen molar-refractivity contribution in [2.75, 3.05) is 39.3 Å². The minimum atomic E-state index is 1.22. The fourth-order valence-corrected chi connectivity index (χ4v) is 2.70. The van der Waals surface area contributed by atoms with Crippen molar-refractivity contribution in [3.63, 3.8) is 0 Å². The SMILES string of the molecule is CCCN1CCN(CCCc2ccccc2)CC1. The summed E-state index contributed by atoms with van der Waals surface area (Å²) in [5.74, 6) is 0. The Balaban J connectivity index is 1.61. The molecule has 2 rings (SSSR count). The summed E-state index contributed by atoms with van der Waals surface area (Å²) in [7, 11) is 0. The molecule has 0 unspecified atom stereocenters. The second kappa shape index (κ2) is 7.55. The molecule has 0 amide bonds. The van der Waals surface area contributed by atoms with Crippen LogP contribution in [0.2, 0.25) is 0 Å². The summed E-state index contributed by atoms with van der Waals surface area (Å²) >= 11 is 0. The molecular weight excluding hydrogens is 220 g/mol. The highest BCUT2D eigenvalue weighted by Crippen LogP contribution is 2.06. The van der Waals surface area contributed by atoms with Gasteiger partial charge in [0.25, 0.3) is 0 Å². The fraction of sp³-hybridized carbons (Fsp3) is 0.625. The molecule has 1 aromatic carbocycles. The summed E-state index contributed by atoms with van der Waals surface area (Å²) in [6, 6.07) is 10.8.